The summed E-state index contributed by atoms with van der Waals surface area (Å²) in [6, 6.07) is 15.2. The van der Waals surface area contributed by atoms with Gasteiger partial charge in [0, 0.05) is 23.1 Å². The molecule has 2 aromatic carbocycles. The third-order valence-corrected chi connectivity index (χ3v) is 4.41. The Morgan fingerprint density at radius 3 is 2.43 bits per heavy atom. The lowest BCUT2D eigenvalue weighted by molar-refractivity contribution is 0.101. The molecule has 0 fully saturated rings. The molecular weight excluding hydrogens is 378 g/mol. The molecule has 0 spiro atoms. The molecule has 0 atom stereocenters. The van der Waals surface area contributed by atoms with E-state index in [1.165, 1.54) is 0 Å². The fraction of sp³-hybridized carbons (Fsp3) is 0.0500. The number of fused-ring (bicyclic) bond motifs is 1. The number of hydrogen-bond acceptors (Lipinski definition) is 5. The van der Waals surface area contributed by atoms with Gasteiger partial charge in [-0.3, -0.25) is 9.59 Å². The molecule has 3 aromatic rings. The Morgan fingerprint density at radius 2 is 1.64 bits per heavy atom. The molecule has 7 nitrogen and oxygen atoms in total. The van der Waals surface area contributed by atoms with Gasteiger partial charge in [-0.2, -0.15) is 0 Å². The van der Waals surface area contributed by atoms with Crippen molar-refractivity contribution in [3.8, 4) is 11.5 Å². The molecule has 1 aliphatic rings. The van der Waals surface area contributed by atoms with Gasteiger partial charge in [0.05, 0.1) is 5.56 Å². The van der Waals surface area contributed by atoms with E-state index >= 15 is 0 Å². The zero-order chi connectivity index (χ0) is 19.5. The van der Waals surface area contributed by atoms with Gasteiger partial charge >= 0.3 is 0 Å². The maximum atomic E-state index is 12.5. The fourth-order valence-corrected chi connectivity index (χ4v) is 2.94. The Balaban J connectivity index is 1.48. The van der Waals surface area contributed by atoms with Crippen LogP contribution in [0.2, 0.25) is 0 Å². The van der Waals surface area contributed by atoms with Gasteiger partial charge in [-0.1, -0.05) is 18.3 Å². The summed E-state index contributed by atoms with van der Waals surface area (Å²) in [6.07, 6.45) is 1.66. The largest absolute Gasteiger partial charge is 0.454 e. The first-order valence-corrected chi connectivity index (χ1v) is 8.81. The molecular formula is C20H15N3O4S. The van der Waals surface area contributed by atoms with Crippen molar-refractivity contribution >= 4 is 35.4 Å². The summed E-state index contributed by atoms with van der Waals surface area (Å²) < 4.78 is 10.9. The Morgan fingerprint density at radius 1 is 0.893 bits per heavy atom. The predicted octanol–water partition coefficient (Wildman–Crippen LogP) is 3.98. The fourth-order valence-electron chi connectivity index (χ4n) is 2.71. The number of pyridine rings is 1. The van der Waals surface area contributed by atoms with E-state index in [0.29, 0.717) is 38.6 Å². The first-order chi connectivity index (χ1) is 13.6. The number of ether oxygens (including phenoxy) is 2. The Bertz CT molecular complexity index is 1130. The molecule has 0 saturated heterocycles. The van der Waals surface area contributed by atoms with Gasteiger partial charge in [-0.05, 0) is 48.5 Å². The zero-order valence-corrected chi connectivity index (χ0v) is 15.3. The minimum absolute atomic E-state index is 0.146. The predicted molar refractivity (Wildman–Crippen MR) is 107 cm³/mol. The molecule has 0 aliphatic carbocycles. The second-order valence-corrected chi connectivity index (χ2v) is 6.38. The van der Waals surface area contributed by atoms with Crippen molar-refractivity contribution in [2.45, 2.75) is 0 Å². The van der Waals surface area contributed by atoms with Crippen LogP contribution in [-0.2, 0) is 0 Å². The number of carbonyl (C=O) groups is 2. The molecule has 3 N–H and O–H groups in total. The number of aromatic nitrogens is 1. The highest BCUT2D eigenvalue weighted by Gasteiger charge is 2.16. The second kappa shape index (κ2) is 7.53. The molecule has 1 aliphatic heterocycles. The van der Waals surface area contributed by atoms with E-state index in [1.807, 2.05) is 0 Å². The molecule has 2 amide bonds. The van der Waals surface area contributed by atoms with Crippen molar-refractivity contribution in [2.24, 2.45) is 0 Å². The van der Waals surface area contributed by atoms with Crippen molar-refractivity contribution < 1.29 is 19.1 Å². The van der Waals surface area contributed by atoms with E-state index in [0.717, 1.165) is 0 Å². The van der Waals surface area contributed by atoms with Crippen molar-refractivity contribution in [3.05, 3.63) is 76.6 Å². The summed E-state index contributed by atoms with van der Waals surface area (Å²) in [6.45, 7) is 0.146. The summed E-state index contributed by atoms with van der Waals surface area (Å²) in [7, 11) is 0. The molecule has 4 rings (SSSR count). The van der Waals surface area contributed by atoms with Crippen LogP contribution in [0.15, 0.2) is 60.8 Å². The minimum atomic E-state index is -0.332. The van der Waals surface area contributed by atoms with Gasteiger partial charge in [-0.25, -0.2) is 0 Å². The summed E-state index contributed by atoms with van der Waals surface area (Å²) in [5.41, 5.74) is 1.88. The lowest BCUT2D eigenvalue weighted by atomic mass is 10.2. The average Bonchev–Trinajstić information content (AvgIpc) is 3.16. The number of aromatic amines is 1. The number of rotatable bonds is 4. The SMILES string of the molecule is O=C(Nc1cccc(NC(=O)c2ccc[nH]c2=S)c1)c1ccc2c(c1)OCO2. The summed E-state index contributed by atoms with van der Waals surface area (Å²) in [4.78, 5) is 27.7. The van der Waals surface area contributed by atoms with Gasteiger partial charge in [0.1, 0.15) is 4.64 Å². The number of benzene rings is 2. The van der Waals surface area contributed by atoms with Gasteiger partial charge in [0.15, 0.2) is 11.5 Å². The van der Waals surface area contributed by atoms with Crippen molar-refractivity contribution in [1.82, 2.24) is 4.98 Å². The minimum Gasteiger partial charge on any atom is -0.454 e. The summed E-state index contributed by atoms with van der Waals surface area (Å²) >= 11 is 5.12. The van der Waals surface area contributed by atoms with Gasteiger partial charge in [0.2, 0.25) is 6.79 Å². The molecule has 0 radical (unpaired) electrons. The normalized spacial score (nSPS) is 11.7. The second-order valence-electron chi connectivity index (χ2n) is 5.97. The third kappa shape index (κ3) is 3.72. The van der Waals surface area contributed by atoms with Crippen LogP contribution in [0, 0.1) is 4.64 Å². The van der Waals surface area contributed by atoms with E-state index in [4.69, 9.17) is 21.7 Å². The average molecular weight is 393 g/mol. The zero-order valence-electron chi connectivity index (χ0n) is 14.5. The molecule has 0 saturated carbocycles. The number of anilines is 2. The Kier molecular flexibility index (Phi) is 4.77. The molecule has 0 bridgehead atoms. The van der Waals surface area contributed by atoms with Gasteiger partial charge < -0.3 is 25.1 Å². The van der Waals surface area contributed by atoms with Gasteiger partial charge in [-0.15, -0.1) is 0 Å². The number of hydrogen-bond donors (Lipinski definition) is 3. The quantitative estimate of drug-likeness (QED) is 0.583. The monoisotopic (exact) mass is 393 g/mol. The van der Waals surface area contributed by atoms with Crippen LogP contribution in [0.4, 0.5) is 11.4 Å². The van der Waals surface area contributed by atoms with E-state index < -0.39 is 0 Å². The maximum absolute atomic E-state index is 12.5. The van der Waals surface area contributed by atoms with Crippen LogP contribution < -0.4 is 20.1 Å². The van der Waals surface area contributed by atoms with Crippen molar-refractivity contribution in [1.29, 1.82) is 0 Å². The summed E-state index contributed by atoms with van der Waals surface area (Å²) in [5, 5.41) is 5.57. The highest BCUT2D eigenvalue weighted by molar-refractivity contribution is 7.71. The molecule has 8 heteroatoms. The van der Waals surface area contributed by atoms with Crippen LogP contribution in [0.25, 0.3) is 0 Å². The first kappa shape index (κ1) is 17.7. The first-order valence-electron chi connectivity index (χ1n) is 8.40. The molecule has 140 valence electrons. The number of H-pyrrole nitrogens is 1. The van der Waals surface area contributed by atoms with Crippen LogP contribution >= 0.6 is 12.2 Å². The van der Waals surface area contributed by atoms with Crippen molar-refractivity contribution in [3.63, 3.8) is 0 Å². The van der Waals surface area contributed by atoms with E-state index in [2.05, 4.69) is 15.6 Å². The van der Waals surface area contributed by atoms with Gasteiger partial charge in [0.25, 0.3) is 11.8 Å². The molecule has 28 heavy (non-hydrogen) atoms. The van der Waals surface area contributed by atoms with E-state index in [-0.39, 0.29) is 18.6 Å². The summed E-state index contributed by atoms with van der Waals surface area (Å²) in [5.74, 6) is 0.516. The molecule has 0 unspecified atom stereocenters. The van der Waals surface area contributed by atoms with E-state index in [1.54, 1.807) is 60.8 Å². The van der Waals surface area contributed by atoms with Crippen LogP contribution in [0.5, 0.6) is 11.5 Å². The standard InChI is InChI=1S/C20H15N3O4S/c24-18(12-6-7-16-17(9-12)27-11-26-16)22-13-3-1-4-14(10-13)23-19(25)15-5-2-8-21-20(15)28/h1-10H,11H2,(H,21,28)(H,22,24)(H,23,25). The topological polar surface area (TPSA) is 92.5 Å². The number of amides is 2. The van der Waals surface area contributed by atoms with E-state index in [9.17, 15) is 9.59 Å². The van der Waals surface area contributed by atoms with Crippen LogP contribution in [0.3, 0.4) is 0 Å². The maximum Gasteiger partial charge on any atom is 0.258 e. The third-order valence-electron chi connectivity index (χ3n) is 4.08. The van der Waals surface area contributed by atoms with Crippen molar-refractivity contribution in [2.75, 3.05) is 17.4 Å². The van der Waals surface area contributed by atoms with Crippen LogP contribution in [0.1, 0.15) is 20.7 Å². The smallest absolute Gasteiger partial charge is 0.258 e. The Labute approximate surface area is 165 Å². The molecule has 2 heterocycles. The lowest BCUT2D eigenvalue weighted by Crippen LogP contribution is -2.14. The highest BCUT2D eigenvalue weighted by atomic mass is 32.1. The number of carbonyl (C=O) groups excluding carboxylic acids is 2. The van der Waals surface area contributed by atoms with Crippen LogP contribution in [-0.4, -0.2) is 23.6 Å². The number of nitrogens with one attached hydrogen (secondary N) is 3. The lowest BCUT2D eigenvalue weighted by Gasteiger charge is -2.09. The molecule has 1 aromatic heterocycles. The highest BCUT2D eigenvalue weighted by Crippen LogP contribution is 2.32. The Hall–Kier alpha value is -3.65.